The van der Waals surface area contributed by atoms with E-state index in [2.05, 4.69) is 33.8 Å². The van der Waals surface area contributed by atoms with E-state index in [1.54, 1.807) is 88.3 Å². The minimum atomic E-state index is -1.01. The van der Waals surface area contributed by atoms with Gasteiger partial charge in [0.25, 0.3) is 11.8 Å². The molecular weight excluding hydrogens is 1570 g/mol. The third kappa shape index (κ3) is 20.6. The largest absolute Gasteiger partial charge is 0.493 e. The lowest BCUT2D eigenvalue weighted by Crippen LogP contribution is -2.57. The Balaban J connectivity index is 0.000000210. The van der Waals surface area contributed by atoms with Gasteiger partial charge in [-0.2, -0.15) is 0 Å². The molecule has 10 heterocycles. The maximum absolute atomic E-state index is 14.2. The number of anilines is 4. The second kappa shape index (κ2) is 39.9. The number of carbonyl (C=O) groups excluding carboxylic acids is 9. The molecule has 0 radical (unpaired) electrons. The van der Waals surface area contributed by atoms with Gasteiger partial charge in [0, 0.05) is 135 Å². The lowest BCUT2D eigenvalue weighted by molar-refractivity contribution is -0.199. The number of amides is 6. The van der Waals surface area contributed by atoms with Gasteiger partial charge in [-0.1, -0.05) is 73.8 Å². The van der Waals surface area contributed by atoms with Crippen LogP contribution in [-0.2, 0) is 79.0 Å². The Morgan fingerprint density at radius 3 is 1.30 bits per heavy atom. The molecule has 31 nitrogen and oxygen atoms in total. The van der Waals surface area contributed by atoms with Gasteiger partial charge < -0.3 is 81.7 Å². The molecule has 4 unspecified atom stereocenters. The van der Waals surface area contributed by atoms with E-state index in [1.807, 2.05) is 91.5 Å². The van der Waals surface area contributed by atoms with Gasteiger partial charge in [-0.05, 0) is 161 Å². The maximum Gasteiger partial charge on any atom is 0.416 e. The van der Waals surface area contributed by atoms with E-state index in [0.29, 0.717) is 116 Å². The van der Waals surface area contributed by atoms with E-state index < -0.39 is 55.3 Å². The number of aromatic nitrogens is 6. The highest BCUT2D eigenvalue weighted by Crippen LogP contribution is 2.43. The Labute approximate surface area is 707 Å². The molecule has 644 valence electrons. The monoisotopic (exact) mass is 1670 g/mol. The van der Waals surface area contributed by atoms with Crippen molar-refractivity contribution in [3.05, 3.63) is 191 Å². The highest BCUT2D eigenvalue weighted by atomic mass is 16.7. The number of carboxylic acid groups (broad SMARTS) is 1. The second-order valence-electron chi connectivity index (χ2n) is 31.5. The van der Waals surface area contributed by atoms with Crippen molar-refractivity contribution < 1.29 is 90.9 Å². The molecule has 4 aromatic heterocycles. The van der Waals surface area contributed by atoms with E-state index in [9.17, 15) is 53.1 Å². The van der Waals surface area contributed by atoms with Crippen LogP contribution in [0.1, 0.15) is 195 Å². The number of nitrogens with zero attached hydrogens (tertiary/aromatic N) is 10. The van der Waals surface area contributed by atoms with Gasteiger partial charge in [0.1, 0.15) is 30.4 Å². The molecule has 4 saturated heterocycles. The van der Waals surface area contributed by atoms with Gasteiger partial charge >= 0.3 is 18.2 Å². The van der Waals surface area contributed by atoms with Gasteiger partial charge in [-0.3, -0.25) is 33.6 Å². The first-order valence-corrected chi connectivity index (χ1v) is 41.7. The molecule has 6 aliphatic heterocycles. The third-order valence-electron chi connectivity index (χ3n) is 22.5. The summed E-state index contributed by atoms with van der Waals surface area (Å²) in [6.45, 7) is 15.0. The molecular formula is C91H106N12O19. The molecule has 0 bridgehead atoms. The van der Waals surface area contributed by atoms with Crippen LogP contribution in [0.4, 0.5) is 32.6 Å². The molecule has 6 amide bonds. The van der Waals surface area contributed by atoms with Crippen LogP contribution < -0.4 is 29.9 Å². The summed E-state index contributed by atoms with van der Waals surface area (Å²) in [7, 11) is 6.89. The number of carbonyl (C=O) groups is 10. The number of hydrogen-bond donors (Lipinski definition) is 3. The van der Waals surface area contributed by atoms with Crippen LogP contribution in [0.15, 0.2) is 135 Å². The van der Waals surface area contributed by atoms with E-state index in [-0.39, 0.29) is 122 Å². The van der Waals surface area contributed by atoms with Crippen molar-refractivity contribution in [1.29, 1.82) is 0 Å². The predicted molar refractivity (Wildman–Crippen MR) is 453 cm³/mol. The zero-order valence-electron chi connectivity index (χ0n) is 70.1. The fourth-order valence-electron chi connectivity index (χ4n) is 16.4. The first-order chi connectivity index (χ1) is 58.8. The van der Waals surface area contributed by atoms with Crippen LogP contribution in [-0.4, -0.2) is 192 Å². The lowest BCUT2D eigenvalue weighted by atomic mass is 10.00. The highest BCUT2D eigenvalue weighted by Gasteiger charge is 2.49. The summed E-state index contributed by atoms with van der Waals surface area (Å²) in [5.41, 5.74) is 8.49. The predicted octanol–water partition coefficient (Wildman–Crippen LogP) is 13.8. The summed E-state index contributed by atoms with van der Waals surface area (Å²) >= 11 is 0. The number of ether oxygens (including phenoxy) is 8. The highest BCUT2D eigenvalue weighted by molar-refractivity contribution is 6.07. The zero-order chi connectivity index (χ0) is 86.4. The maximum atomic E-state index is 14.2. The van der Waals surface area contributed by atoms with E-state index >= 15 is 0 Å². The topological polar surface area (TPSA) is 347 Å². The number of Topliss-reactive ketones (excluding diaryl/α,β-unsaturated/α-hetero) is 3. The van der Waals surface area contributed by atoms with E-state index in [0.717, 1.165) is 84.7 Å². The summed E-state index contributed by atoms with van der Waals surface area (Å²) < 4.78 is 55.1. The summed E-state index contributed by atoms with van der Waals surface area (Å²) in [5.74, 6) is -0.665. The van der Waals surface area contributed by atoms with Crippen LogP contribution in [0, 0.1) is 13.8 Å². The Morgan fingerprint density at radius 2 is 0.926 bits per heavy atom. The van der Waals surface area contributed by atoms with Crippen LogP contribution in [0.3, 0.4) is 0 Å². The molecule has 0 aliphatic carbocycles. The summed E-state index contributed by atoms with van der Waals surface area (Å²) in [5, 5.41) is 14.9. The molecule has 3 N–H and O–H groups in total. The quantitative estimate of drug-likeness (QED) is 0.0214. The fourth-order valence-corrected chi connectivity index (χ4v) is 16.4. The number of benzene rings is 4. The number of fused-ring (bicyclic) bond motifs is 4. The van der Waals surface area contributed by atoms with Crippen molar-refractivity contribution >= 4 is 82.1 Å². The van der Waals surface area contributed by atoms with Crippen LogP contribution in [0.2, 0.25) is 0 Å². The molecule has 31 heteroatoms. The lowest BCUT2D eigenvalue weighted by Gasteiger charge is -2.42. The summed E-state index contributed by atoms with van der Waals surface area (Å²) in [6.07, 6.45) is 16.5. The molecule has 14 rings (SSSR count). The molecule has 4 fully saturated rings. The Kier molecular flexibility index (Phi) is 28.6. The van der Waals surface area contributed by atoms with Crippen LogP contribution in [0.5, 0.6) is 11.5 Å². The molecule has 6 aliphatic rings. The second-order valence-corrected chi connectivity index (χ2v) is 31.5. The number of aromatic carboxylic acids is 1. The van der Waals surface area contributed by atoms with E-state index in [4.69, 9.17) is 37.9 Å². The smallest absolute Gasteiger partial charge is 0.416 e. The standard InChI is InChI=1S/C46H54N6O9.C45H52N6O10/c1-6-20-60-46(57)52-37-26-39(29(2)23-34(37)44(56)51-19-9-7-12-35(51)45(52)61-42-14-8-10-21-59-42)58-22-11-13-41(55)47-40-28-50(5)43(48-40)38(54)24-31-15-17-32(18-16-31)33-25-36(30(3)53)49(4)27-33;1-5-19-60-45(57)51-34-25-37(28(2)22-32(34)42(54)50-18-8-6-11-33(50)43(51)61-40-13-7-9-20-59-40)58-21-10-12-39(53)46-38-27-49(4)41(47-38)36(52)23-29-14-16-30(17-15-29)31-24-35(44(55)56)48(3)26-31/h6,15-18,23,25-28,35,42,45H,1,7-14,19-22,24H2,2-5H3,(H,47,55);5,14-17,22,24-27,33,40,43H,1,6-13,18-21,23H2,2-4H3,(H,46,53)(H,55,56)/t35-,42?,45?;33-,40?,43?/m00/s1. The van der Waals surface area contributed by atoms with Crippen LogP contribution in [0.25, 0.3) is 22.3 Å². The zero-order valence-corrected chi connectivity index (χ0v) is 70.1. The van der Waals surface area contributed by atoms with Crippen molar-refractivity contribution in [3.8, 4) is 33.8 Å². The molecule has 122 heavy (non-hydrogen) atoms. The molecule has 0 saturated carbocycles. The van der Waals surface area contributed by atoms with Crippen molar-refractivity contribution in [2.75, 3.05) is 73.2 Å². The van der Waals surface area contributed by atoms with Crippen LogP contribution >= 0.6 is 0 Å². The van der Waals surface area contributed by atoms with Crippen molar-refractivity contribution in [2.24, 2.45) is 28.2 Å². The first-order valence-electron chi connectivity index (χ1n) is 41.7. The minimum absolute atomic E-state index is 0.0111. The number of nitrogens with one attached hydrogen (secondary N) is 2. The minimum Gasteiger partial charge on any atom is -0.493 e. The normalized spacial score (nSPS) is 18.7. The number of carboxylic acids is 1. The van der Waals surface area contributed by atoms with Gasteiger partial charge in [-0.25, -0.2) is 34.2 Å². The number of piperidine rings is 2. The van der Waals surface area contributed by atoms with Gasteiger partial charge in [0.05, 0.1) is 53.5 Å². The molecule has 0 spiro atoms. The van der Waals surface area contributed by atoms with Crippen molar-refractivity contribution in [3.63, 3.8) is 0 Å². The van der Waals surface area contributed by atoms with E-state index in [1.165, 1.54) is 28.9 Å². The average Bonchev–Trinajstić information content (AvgIpc) is 1.61. The van der Waals surface area contributed by atoms with Crippen molar-refractivity contribution in [2.45, 2.75) is 173 Å². The molecule has 6 atom stereocenters. The Morgan fingerprint density at radius 1 is 0.516 bits per heavy atom. The van der Waals surface area contributed by atoms with Gasteiger partial charge in [0.15, 0.2) is 54.1 Å². The fraction of sp³-hybridized carbons (Fsp3) is 0.429. The van der Waals surface area contributed by atoms with Gasteiger partial charge in [0.2, 0.25) is 23.4 Å². The first kappa shape index (κ1) is 87.5. The summed E-state index contributed by atoms with van der Waals surface area (Å²) in [6, 6.07) is 24.4. The SMILES string of the molecule is C=CCOC(=O)N1c2cc(OCCCC(=O)Nc3cn(C)c(C(=O)Cc4ccc(-c5cc(C(=O)O)n(C)c5)cc4)n3)c(C)cc2C(=O)N2CCCC[C@H]2C1OC1CCCCO1.C=CCOC(=O)N1c2cc(OCCCC(=O)Nc3cn(C)c(C(=O)Cc4ccc(-c5cc(C(C)=O)n(C)c5)cc4)n3)c(C)cc2C(=O)N2CCCC[C@H]2C1OC1CCCCO1. The molecule has 8 aromatic rings. The number of aryl methyl sites for hydroxylation is 6. The number of rotatable bonds is 30. The van der Waals surface area contributed by atoms with Gasteiger partial charge in [-0.15, -0.1) is 0 Å². The third-order valence-corrected chi connectivity index (χ3v) is 22.5. The Bertz CT molecular complexity index is 4900. The Hall–Kier alpha value is -12.3. The number of ketones is 3. The average molecular weight is 1670 g/mol. The molecule has 4 aromatic carbocycles. The summed E-state index contributed by atoms with van der Waals surface area (Å²) in [4.78, 5) is 147. The number of imidazole rings is 2. The van der Waals surface area contributed by atoms with Crippen molar-refractivity contribution in [1.82, 2.24) is 38.0 Å². The number of hydrogen-bond acceptors (Lipinski definition) is 20.